The number of aryl methyl sites for hydroxylation is 1. The normalized spacial score (nSPS) is 10.6. The minimum absolute atomic E-state index is 0.160. The van der Waals surface area contributed by atoms with Crippen molar-refractivity contribution in [1.29, 1.82) is 0 Å². The second-order valence-electron chi connectivity index (χ2n) is 3.04. The van der Waals surface area contributed by atoms with E-state index in [9.17, 15) is 4.79 Å². The van der Waals surface area contributed by atoms with Crippen LogP contribution in [0.25, 0.3) is 5.65 Å². The van der Waals surface area contributed by atoms with Crippen LogP contribution in [-0.2, 0) is 0 Å². The molecule has 0 spiro atoms. The highest BCUT2D eigenvalue weighted by Gasteiger charge is 2.14. The molecule has 0 unspecified atom stereocenters. The molecular weight excluding hydrogens is 179 g/mol. The zero-order valence-corrected chi connectivity index (χ0v) is 7.56. The summed E-state index contributed by atoms with van der Waals surface area (Å²) >= 11 is 0. The number of imidazole rings is 1. The molecule has 2 heterocycles. The summed E-state index contributed by atoms with van der Waals surface area (Å²) in [5.74, 6) is -0.999. The highest BCUT2D eigenvalue weighted by molar-refractivity contribution is 6.32. The Morgan fingerprint density at radius 2 is 2.29 bits per heavy atom. The number of carboxylic acid groups (broad SMARTS) is 1. The van der Waals surface area contributed by atoms with Crippen LogP contribution in [0.5, 0.6) is 0 Å². The molecule has 2 aromatic heterocycles. The second kappa shape index (κ2) is 2.87. The van der Waals surface area contributed by atoms with Crippen molar-refractivity contribution in [3.63, 3.8) is 0 Å². The highest BCUT2D eigenvalue weighted by Crippen LogP contribution is 2.10. The maximum absolute atomic E-state index is 10.9. The van der Waals surface area contributed by atoms with Crippen molar-refractivity contribution in [2.24, 2.45) is 0 Å². The van der Waals surface area contributed by atoms with E-state index in [1.807, 2.05) is 0 Å². The van der Waals surface area contributed by atoms with E-state index >= 15 is 0 Å². The third kappa shape index (κ3) is 1.17. The Kier molecular flexibility index (Phi) is 1.80. The first-order valence-corrected chi connectivity index (χ1v) is 4.07. The smallest absolute Gasteiger partial charge is 0.354 e. The number of hydrogen-bond acceptors (Lipinski definition) is 2. The Labute approximate surface area is 81.6 Å². The van der Waals surface area contributed by atoms with Crippen molar-refractivity contribution < 1.29 is 9.90 Å². The number of carbonyl (C=O) groups is 1. The zero-order valence-electron chi connectivity index (χ0n) is 7.56. The minimum Gasteiger partial charge on any atom is -0.477 e. The molecule has 0 saturated heterocycles. The Hall–Kier alpha value is -1.78. The van der Waals surface area contributed by atoms with E-state index in [0.717, 1.165) is 0 Å². The van der Waals surface area contributed by atoms with Crippen molar-refractivity contribution in [2.75, 3.05) is 0 Å². The van der Waals surface area contributed by atoms with Crippen molar-refractivity contribution in [3.05, 3.63) is 29.7 Å². The van der Waals surface area contributed by atoms with Gasteiger partial charge in [-0.1, -0.05) is 11.5 Å². The number of carboxylic acids is 1. The van der Waals surface area contributed by atoms with Gasteiger partial charge in [0.05, 0.1) is 5.69 Å². The lowest BCUT2D eigenvalue weighted by molar-refractivity contribution is 0.0688. The second-order valence-corrected chi connectivity index (χ2v) is 3.04. The molecule has 0 bridgehead atoms. The van der Waals surface area contributed by atoms with E-state index in [-0.39, 0.29) is 5.69 Å². The standard InChI is InChI=1S/C9H7BN2O2/c1-5-8(9(13)14)12-4-6(10)2-3-7(12)11-5/h2-4H,1H3,(H,13,14). The quantitative estimate of drug-likeness (QED) is 0.644. The zero-order chi connectivity index (χ0) is 10.3. The van der Waals surface area contributed by atoms with Gasteiger partial charge in [-0.05, 0) is 13.0 Å². The van der Waals surface area contributed by atoms with Crippen LogP contribution in [0, 0.1) is 6.92 Å². The maximum atomic E-state index is 10.9. The van der Waals surface area contributed by atoms with Gasteiger partial charge in [-0.15, -0.1) is 0 Å². The van der Waals surface area contributed by atoms with Crippen molar-refractivity contribution in [1.82, 2.24) is 9.38 Å². The number of fused-ring (bicyclic) bond motifs is 1. The number of rotatable bonds is 1. The van der Waals surface area contributed by atoms with Crippen LogP contribution in [-0.4, -0.2) is 28.3 Å². The van der Waals surface area contributed by atoms with Crippen molar-refractivity contribution in [3.8, 4) is 0 Å². The number of aromatic nitrogens is 2. The molecule has 0 aromatic carbocycles. The van der Waals surface area contributed by atoms with Crippen LogP contribution < -0.4 is 5.46 Å². The molecule has 2 radical (unpaired) electrons. The lowest BCUT2D eigenvalue weighted by Crippen LogP contribution is -2.09. The molecule has 0 saturated carbocycles. The summed E-state index contributed by atoms with van der Waals surface area (Å²) in [6.07, 6.45) is 1.55. The van der Waals surface area contributed by atoms with Crippen LogP contribution in [0.2, 0.25) is 0 Å². The molecule has 4 nitrogen and oxygen atoms in total. The van der Waals surface area contributed by atoms with Crippen LogP contribution in [0.15, 0.2) is 18.3 Å². The first-order chi connectivity index (χ1) is 6.59. The lowest BCUT2D eigenvalue weighted by Gasteiger charge is -1.98. The molecule has 0 aliphatic carbocycles. The van der Waals surface area contributed by atoms with Gasteiger partial charge in [0.15, 0.2) is 5.69 Å². The summed E-state index contributed by atoms with van der Waals surface area (Å²) in [6, 6.07) is 3.38. The van der Waals surface area contributed by atoms with Crippen LogP contribution >= 0.6 is 0 Å². The van der Waals surface area contributed by atoms with Gasteiger partial charge in [0, 0.05) is 6.20 Å². The summed E-state index contributed by atoms with van der Waals surface area (Å²) in [4.78, 5) is 15.0. The Bertz CT molecular complexity index is 519. The number of aromatic carboxylic acids is 1. The van der Waals surface area contributed by atoms with Gasteiger partial charge in [0.2, 0.25) is 0 Å². The predicted octanol–water partition coefficient (Wildman–Crippen LogP) is 0.135. The largest absolute Gasteiger partial charge is 0.477 e. The molecule has 0 fully saturated rings. The summed E-state index contributed by atoms with van der Waals surface area (Å²) in [7, 11) is 5.56. The fraction of sp³-hybridized carbons (Fsp3) is 0.111. The van der Waals surface area contributed by atoms with Gasteiger partial charge >= 0.3 is 5.97 Å². The number of pyridine rings is 1. The lowest BCUT2D eigenvalue weighted by atomic mass is 9.99. The van der Waals surface area contributed by atoms with E-state index < -0.39 is 5.97 Å². The Balaban J connectivity index is 2.86. The predicted molar refractivity (Wildman–Crippen MR) is 52.3 cm³/mol. The van der Waals surface area contributed by atoms with E-state index in [1.165, 1.54) is 4.40 Å². The SMILES string of the molecule is [B]c1ccc2nc(C)c(C(=O)O)n2c1. The molecule has 0 aliphatic rings. The molecule has 2 aromatic rings. The van der Waals surface area contributed by atoms with Gasteiger partial charge in [0.1, 0.15) is 13.5 Å². The van der Waals surface area contributed by atoms with Crippen molar-refractivity contribution >= 4 is 24.9 Å². The molecule has 0 atom stereocenters. The average Bonchev–Trinajstić information content (AvgIpc) is 2.40. The van der Waals surface area contributed by atoms with E-state index in [1.54, 1.807) is 25.3 Å². The third-order valence-electron chi connectivity index (χ3n) is 2.02. The first kappa shape index (κ1) is 8.81. The first-order valence-electron chi connectivity index (χ1n) is 4.07. The molecule has 0 amide bonds. The molecule has 0 aliphatic heterocycles. The Morgan fingerprint density at radius 1 is 1.57 bits per heavy atom. The summed E-state index contributed by atoms with van der Waals surface area (Å²) in [5, 5.41) is 8.94. The van der Waals surface area contributed by atoms with Gasteiger partial charge < -0.3 is 5.11 Å². The fourth-order valence-corrected chi connectivity index (χ4v) is 1.44. The highest BCUT2D eigenvalue weighted by atomic mass is 16.4. The molecule has 1 N–H and O–H groups in total. The number of nitrogens with zero attached hydrogens (tertiary/aromatic N) is 2. The topological polar surface area (TPSA) is 54.6 Å². The maximum Gasteiger partial charge on any atom is 0.354 e. The van der Waals surface area contributed by atoms with E-state index in [2.05, 4.69) is 4.98 Å². The monoisotopic (exact) mass is 186 g/mol. The van der Waals surface area contributed by atoms with Crippen LogP contribution in [0.1, 0.15) is 16.2 Å². The van der Waals surface area contributed by atoms with Gasteiger partial charge in [-0.2, -0.15) is 0 Å². The van der Waals surface area contributed by atoms with Gasteiger partial charge in [0.25, 0.3) is 0 Å². The van der Waals surface area contributed by atoms with Gasteiger partial charge in [-0.3, -0.25) is 4.40 Å². The summed E-state index contributed by atoms with van der Waals surface area (Å²) in [6.45, 7) is 1.66. The summed E-state index contributed by atoms with van der Waals surface area (Å²) in [5.41, 5.74) is 1.75. The van der Waals surface area contributed by atoms with Crippen LogP contribution in [0.3, 0.4) is 0 Å². The van der Waals surface area contributed by atoms with Crippen LogP contribution in [0.4, 0.5) is 0 Å². The Morgan fingerprint density at radius 3 is 2.93 bits per heavy atom. The minimum atomic E-state index is -0.999. The van der Waals surface area contributed by atoms with E-state index in [0.29, 0.717) is 16.8 Å². The molecule has 2 rings (SSSR count). The molecular formula is C9H7BN2O2. The van der Waals surface area contributed by atoms with Gasteiger partial charge in [-0.25, -0.2) is 9.78 Å². The van der Waals surface area contributed by atoms with Crippen molar-refractivity contribution in [2.45, 2.75) is 6.92 Å². The van der Waals surface area contributed by atoms with E-state index in [4.69, 9.17) is 13.0 Å². The molecule has 5 heteroatoms. The fourth-order valence-electron chi connectivity index (χ4n) is 1.44. The molecule has 68 valence electrons. The summed E-state index contributed by atoms with van der Waals surface area (Å²) < 4.78 is 1.48. The average molecular weight is 186 g/mol. The number of hydrogen-bond donors (Lipinski definition) is 1. The third-order valence-corrected chi connectivity index (χ3v) is 2.02. The molecule has 14 heavy (non-hydrogen) atoms.